The van der Waals surface area contributed by atoms with E-state index < -0.39 is 5.41 Å². The van der Waals surface area contributed by atoms with E-state index in [0.717, 1.165) is 55.9 Å². The average molecular weight is 1180 g/mol. The molecule has 0 spiro atoms. The molecule has 0 N–H and O–H groups in total. The number of anilines is 4. The van der Waals surface area contributed by atoms with Gasteiger partial charge < -0.3 is 19.1 Å². The molecule has 10 rings (SSSR count). The Morgan fingerprint density at radius 2 is 0.987 bits per heavy atom. The van der Waals surface area contributed by atoms with E-state index in [1.807, 2.05) is 6.20 Å². The first-order valence-corrected chi connectivity index (χ1v) is 26.8. The normalized spacial score (nSPS) is 13.6. The predicted octanol–water partition coefficient (Wildman–Crippen LogP) is 18.8. The molecule has 9 aromatic rings. The molecule has 7 aromatic carbocycles. The van der Waals surface area contributed by atoms with Crippen molar-refractivity contribution in [3.63, 3.8) is 0 Å². The van der Waals surface area contributed by atoms with Gasteiger partial charge in [-0.1, -0.05) is 201 Å². The summed E-state index contributed by atoms with van der Waals surface area (Å²) in [5.74, 6) is 2.05. The van der Waals surface area contributed by atoms with Crippen molar-refractivity contribution in [3.8, 4) is 17.3 Å². The second kappa shape index (κ2) is 19.5. The molecule has 2 aromatic heterocycles. The zero-order valence-corrected chi connectivity index (χ0v) is 49.9. The molecule has 0 bridgehead atoms. The number of rotatable bonds is 9. The van der Waals surface area contributed by atoms with E-state index in [1.165, 1.54) is 38.9 Å². The number of fused-ring (bicyclic) bond motifs is 4. The maximum absolute atomic E-state index is 7.12. The van der Waals surface area contributed by atoms with Crippen molar-refractivity contribution >= 4 is 44.6 Å². The zero-order chi connectivity index (χ0) is 53.6. The first kappa shape index (κ1) is 54.4. The summed E-state index contributed by atoms with van der Waals surface area (Å²) in [6.07, 6.45) is 1.93. The number of hydrogen-bond acceptors (Lipinski definition) is 4. The van der Waals surface area contributed by atoms with Crippen molar-refractivity contribution in [2.24, 2.45) is 0 Å². The molecule has 0 fully saturated rings. The van der Waals surface area contributed by atoms with Crippen LogP contribution in [-0.4, -0.2) is 9.55 Å². The van der Waals surface area contributed by atoms with Gasteiger partial charge in [-0.2, -0.15) is 6.07 Å². The van der Waals surface area contributed by atoms with E-state index in [9.17, 15) is 0 Å². The Morgan fingerprint density at radius 3 is 1.58 bits per heavy atom. The van der Waals surface area contributed by atoms with Crippen molar-refractivity contribution in [2.45, 2.75) is 143 Å². The smallest absolute Gasteiger partial charge is 0.135 e. The van der Waals surface area contributed by atoms with Crippen LogP contribution in [-0.2, 0) is 53.6 Å². The quantitative estimate of drug-likeness (QED) is 0.135. The average Bonchev–Trinajstić information content (AvgIpc) is 3.91. The first-order valence-electron chi connectivity index (χ1n) is 26.8. The molecule has 0 saturated carbocycles. The van der Waals surface area contributed by atoms with E-state index in [2.05, 4.69) is 296 Å². The van der Waals surface area contributed by atoms with E-state index in [-0.39, 0.29) is 48.1 Å². The Kier molecular flexibility index (Phi) is 14.0. The second-order valence-electron chi connectivity index (χ2n) is 26.1. The summed E-state index contributed by atoms with van der Waals surface area (Å²) in [6, 6.07) is 63.3. The molecule has 1 aliphatic heterocycles. The van der Waals surface area contributed by atoms with E-state index in [4.69, 9.17) is 9.72 Å². The van der Waals surface area contributed by atoms with Crippen molar-refractivity contribution in [1.82, 2.24) is 9.55 Å². The van der Waals surface area contributed by atoms with E-state index in [1.54, 1.807) is 0 Å². The predicted molar refractivity (Wildman–Crippen MR) is 316 cm³/mol. The number of hydrogen-bond donors (Lipinski definition) is 0. The molecule has 3 heterocycles. The van der Waals surface area contributed by atoms with Gasteiger partial charge in [0.2, 0.25) is 0 Å². The molecule has 0 unspecified atom stereocenters. The van der Waals surface area contributed by atoms with Crippen LogP contribution in [0.1, 0.15) is 155 Å². The van der Waals surface area contributed by atoms with Crippen LogP contribution in [0.4, 0.5) is 22.7 Å². The Labute approximate surface area is 468 Å². The van der Waals surface area contributed by atoms with Crippen LogP contribution in [0.5, 0.6) is 11.5 Å². The van der Waals surface area contributed by atoms with Gasteiger partial charge in [0.1, 0.15) is 5.82 Å². The van der Waals surface area contributed by atoms with Gasteiger partial charge in [0.25, 0.3) is 0 Å². The minimum absolute atomic E-state index is 0. The summed E-state index contributed by atoms with van der Waals surface area (Å²) in [5, 5.41) is 2.26. The molecule has 0 aliphatic carbocycles. The number of nitrogens with zero attached hydrogens (tertiary/aromatic N) is 4. The number of pyridine rings is 1. The zero-order valence-electron chi connectivity index (χ0n) is 47.6. The number of benzene rings is 7. The van der Waals surface area contributed by atoms with E-state index >= 15 is 0 Å². The molecule has 76 heavy (non-hydrogen) atoms. The van der Waals surface area contributed by atoms with Crippen LogP contribution < -0.4 is 14.5 Å². The molecule has 0 amide bonds. The van der Waals surface area contributed by atoms with Crippen LogP contribution >= 0.6 is 0 Å². The maximum Gasteiger partial charge on any atom is 0.135 e. The van der Waals surface area contributed by atoms with Crippen LogP contribution in [0.15, 0.2) is 158 Å². The number of ether oxygens (including phenoxy) is 1. The molecule has 394 valence electrons. The van der Waals surface area contributed by atoms with Crippen LogP contribution in [0.2, 0.25) is 0 Å². The maximum atomic E-state index is 7.12. The third-order valence-electron chi connectivity index (χ3n) is 15.8. The van der Waals surface area contributed by atoms with Gasteiger partial charge >= 0.3 is 0 Å². The summed E-state index contributed by atoms with van der Waals surface area (Å²) in [7, 11) is 0. The van der Waals surface area contributed by atoms with Gasteiger partial charge in [0.15, 0.2) is 0 Å². The second-order valence-corrected chi connectivity index (χ2v) is 26.1. The molecular formula is C70H75N4OPt-3. The van der Waals surface area contributed by atoms with Crippen molar-refractivity contribution in [1.29, 1.82) is 0 Å². The summed E-state index contributed by atoms with van der Waals surface area (Å²) in [4.78, 5) is 9.69. The monoisotopic (exact) mass is 1180 g/mol. The van der Waals surface area contributed by atoms with E-state index in [0.29, 0.717) is 11.5 Å². The summed E-state index contributed by atoms with van der Waals surface area (Å²) < 4.78 is 9.37. The molecule has 5 nitrogen and oxygen atoms in total. The topological polar surface area (TPSA) is 33.5 Å². The fraction of sp³-hybridized carbons (Fsp3) is 0.314. The third kappa shape index (κ3) is 10.3. The van der Waals surface area contributed by atoms with Gasteiger partial charge in [0.05, 0.1) is 0 Å². The molecule has 0 radical (unpaired) electrons. The van der Waals surface area contributed by atoms with Gasteiger partial charge in [-0.05, 0) is 114 Å². The summed E-state index contributed by atoms with van der Waals surface area (Å²) >= 11 is 0. The fourth-order valence-electron chi connectivity index (χ4n) is 10.5. The Balaban J connectivity index is 0.00000706. The van der Waals surface area contributed by atoms with Crippen LogP contribution in [0.25, 0.3) is 27.6 Å². The fourth-order valence-corrected chi connectivity index (χ4v) is 10.5. The minimum Gasteiger partial charge on any atom is -0.509 e. The van der Waals surface area contributed by atoms with Crippen LogP contribution in [0, 0.1) is 18.8 Å². The van der Waals surface area contributed by atoms with Crippen molar-refractivity contribution in [3.05, 3.63) is 221 Å². The van der Waals surface area contributed by atoms with Gasteiger partial charge in [-0.15, -0.1) is 53.6 Å². The van der Waals surface area contributed by atoms with Gasteiger partial charge in [-0.25, -0.2) is 4.98 Å². The number of aromatic nitrogens is 2. The van der Waals surface area contributed by atoms with Crippen LogP contribution in [0.3, 0.4) is 0 Å². The van der Waals surface area contributed by atoms with Gasteiger partial charge in [0, 0.05) is 66.8 Å². The standard InChI is InChI=1S/C70H75N4O.Pt/c1-65(2,3)48-27-31-60-59(40-48)58-30-29-56(44-62(58)74(60)64-42-49(33-34-71-64)66(4,5)6)75-57-39-53(70(15,16)47-25-21-18-22-26-47)38-55(43-57)72-45-73(54-36-51(67(7,8)9)35-52(37-54)68(10,11)12)63-41-50(28-32-61(63)72)69(13,14)46-23-19-17-20-24-46;/h17-42,45H,1-16H3;/q-3;. The third-order valence-corrected chi connectivity index (χ3v) is 15.8. The summed E-state index contributed by atoms with van der Waals surface area (Å²) in [6.45, 7) is 38.9. The van der Waals surface area contributed by atoms with Crippen molar-refractivity contribution < 1.29 is 25.8 Å². The first-order chi connectivity index (χ1) is 35.2. The van der Waals surface area contributed by atoms with Crippen molar-refractivity contribution in [2.75, 3.05) is 9.80 Å². The molecule has 1 aliphatic rings. The molecular weight excluding hydrogens is 1110 g/mol. The largest absolute Gasteiger partial charge is 0.509 e. The Bertz CT molecular complexity index is 3560. The SMILES string of the molecule is CC(C)(C)c1cc(N2[CH-]N(c3[c-]c(Oc4[c-]c5c(cc4)c4cc(C(C)(C)C)ccc4n5-c4cc(C(C)(C)C)ccn4)cc(C(C)(C)c4ccccc4)c3)c3ccc(C(C)(C)c4ccccc4)cc32)cc(C(C)(C)C)c1.[Pt]. The minimum atomic E-state index is -0.397. The Hall–Kier alpha value is -6.42. The molecule has 6 heteroatoms. The van der Waals surface area contributed by atoms with Gasteiger partial charge in [-0.3, -0.25) is 0 Å². The summed E-state index contributed by atoms with van der Waals surface area (Å²) in [5.41, 5.74) is 15.2. The molecule has 0 atom stereocenters. The molecule has 0 saturated heterocycles. The Morgan fingerprint density at radius 1 is 0.421 bits per heavy atom.